The van der Waals surface area contributed by atoms with Crippen LogP contribution in [0, 0.1) is 5.82 Å². The Morgan fingerprint density at radius 3 is 2.60 bits per heavy atom. The molecule has 5 aromatic rings. The van der Waals surface area contributed by atoms with Crippen molar-refractivity contribution in [3.63, 3.8) is 0 Å². The number of nitrogens with one attached hydrogen (secondary N) is 1. The molecule has 6 rings (SSSR count). The number of hydrazone groups is 1. The molecule has 0 bridgehead atoms. The number of thiophene rings is 1. The van der Waals surface area contributed by atoms with E-state index in [0.29, 0.717) is 30.4 Å². The normalized spacial score (nSPS) is 14.6. The molecule has 0 unspecified atom stereocenters. The van der Waals surface area contributed by atoms with Crippen LogP contribution in [0.4, 0.5) is 4.39 Å². The maximum absolute atomic E-state index is 13.7. The van der Waals surface area contributed by atoms with E-state index in [4.69, 9.17) is 9.52 Å². The summed E-state index contributed by atoms with van der Waals surface area (Å²) in [4.78, 5) is 27.1. The van der Waals surface area contributed by atoms with Gasteiger partial charge >= 0.3 is 0 Å². The minimum absolute atomic E-state index is 0.0706. The average Bonchev–Trinajstić information content (AvgIpc) is 3.85. The fraction of sp³-hybridized carbons (Fsp3) is 0.194. The zero-order valence-electron chi connectivity index (χ0n) is 22.9. The molecule has 2 amide bonds. The molecule has 0 aliphatic carbocycles. The second kappa shape index (κ2) is 13.2. The van der Waals surface area contributed by atoms with Crippen molar-refractivity contribution in [2.24, 2.45) is 5.10 Å². The molecular weight excluding hydrogens is 588 g/mol. The Hall–Kier alpha value is -4.55. The summed E-state index contributed by atoms with van der Waals surface area (Å²) in [5, 5.41) is 20.3. The second-order valence-electron chi connectivity index (χ2n) is 9.77. The number of amides is 2. The zero-order valence-corrected chi connectivity index (χ0v) is 24.6. The number of aromatic nitrogens is 3. The van der Waals surface area contributed by atoms with E-state index >= 15 is 0 Å². The largest absolute Gasteiger partial charge is 0.459 e. The molecule has 12 heteroatoms. The van der Waals surface area contributed by atoms with Crippen LogP contribution in [0.15, 0.2) is 105 Å². The van der Waals surface area contributed by atoms with Crippen molar-refractivity contribution < 1.29 is 18.4 Å². The van der Waals surface area contributed by atoms with E-state index in [9.17, 15) is 14.0 Å². The molecule has 0 saturated carbocycles. The van der Waals surface area contributed by atoms with Crippen LogP contribution in [0.5, 0.6) is 0 Å². The summed E-state index contributed by atoms with van der Waals surface area (Å²) in [5.41, 5.74) is 2.78. The molecule has 43 heavy (non-hydrogen) atoms. The van der Waals surface area contributed by atoms with Gasteiger partial charge in [0.15, 0.2) is 16.7 Å². The standard InChI is InChI=1S/C31H27FN6O3S2/c32-23-12-10-22(11-13-23)25-18-24(27-9-5-17-42-27)36-38(25)29(39)20-43-31-35-34-28(19-33-30(40)26-8-4-16-41-26)37(31)15-14-21-6-2-1-3-7-21/h1-13,16-17,25H,14-15,18-20H2,(H,33,40)/t25-/m1/s1. The summed E-state index contributed by atoms with van der Waals surface area (Å²) in [6.07, 6.45) is 2.69. The summed E-state index contributed by atoms with van der Waals surface area (Å²) >= 11 is 2.84. The Labute approximate surface area is 255 Å². The van der Waals surface area contributed by atoms with E-state index in [1.54, 1.807) is 35.6 Å². The Balaban J connectivity index is 1.19. The SMILES string of the molecule is O=C(NCc1nnc(SCC(=O)N2N=C(c3cccs3)C[C@@H]2c2ccc(F)cc2)n1CCc1ccccc1)c1ccco1. The summed E-state index contributed by atoms with van der Waals surface area (Å²) < 4.78 is 20.8. The highest BCUT2D eigenvalue weighted by Crippen LogP contribution is 2.34. The molecule has 1 atom stereocenters. The van der Waals surface area contributed by atoms with Gasteiger partial charge < -0.3 is 14.3 Å². The number of nitrogens with zero attached hydrogens (tertiary/aromatic N) is 5. The zero-order chi connectivity index (χ0) is 29.6. The molecule has 0 spiro atoms. The molecule has 0 fully saturated rings. The number of carbonyl (C=O) groups is 2. The van der Waals surface area contributed by atoms with Gasteiger partial charge in [0, 0.05) is 13.0 Å². The maximum Gasteiger partial charge on any atom is 0.287 e. The third kappa shape index (κ3) is 6.76. The van der Waals surface area contributed by atoms with E-state index in [1.807, 2.05) is 52.4 Å². The number of hydrogen-bond acceptors (Lipinski definition) is 8. The van der Waals surface area contributed by atoms with Crippen LogP contribution < -0.4 is 5.32 Å². The number of benzene rings is 2. The molecule has 1 aliphatic rings. The topological polar surface area (TPSA) is 106 Å². The van der Waals surface area contributed by atoms with Crippen molar-refractivity contribution in [2.75, 3.05) is 5.75 Å². The van der Waals surface area contributed by atoms with Gasteiger partial charge in [-0.25, -0.2) is 9.40 Å². The van der Waals surface area contributed by atoms with Gasteiger partial charge in [-0.3, -0.25) is 9.59 Å². The predicted molar refractivity (Wildman–Crippen MR) is 162 cm³/mol. The molecule has 0 saturated heterocycles. The Kier molecular flexibility index (Phi) is 8.75. The van der Waals surface area contributed by atoms with E-state index in [0.717, 1.165) is 21.7 Å². The Morgan fingerprint density at radius 1 is 1.02 bits per heavy atom. The summed E-state index contributed by atoms with van der Waals surface area (Å²) in [6.45, 7) is 0.700. The van der Waals surface area contributed by atoms with Crippen molar-refractivity contribution in [3.05, 3.63) is 124 Å². The van der Waals surface area contributed by atoms with Crippen LogP contribution in [0.1, 0.15) is 44.8 Å². The number of halogens is 1. The molecule has 0 radical (unpaired) electrons. The summed E-state index contributed by atoms with van der Waals surface area (Å²) in [6, 6.07) is 23.1. The smallest absolute Gasteiger partial charge is 0.287 e. The minimum atomic E-state index is -0.354. The van der Waals surface area contributed by atoms with Crippen LogP contribution >= 0.6 is 23.1 Å². The third-order valence-electron chi connectivity index (χ3n) is 6.96. The number of furan rings is 1. The van der Waals surface area contributed by atoms with Crippen LogP contribution in [0.2, 0.25) is 0 Å². The monoisotopic (exact) mass is 614 g/mol. The van der Waals surface area contributed by atoms with Crippen molar-refractivity contribution in [1.82, 2.24) is 25.1 Å². The molecule has 218 valence electrons. The highest BCUT2D eigenvalue weighted by atomic mass is 32.2. The first kappa shape index (κ1) is 28.6. The fourth-order valence-electron chi connectivity index (χ4n) is 4.79. The minimum Gasteiger partial charge on any atom is -0.459 e. The highest BCUT2D eigenvalue weighted by Gasteiger charge is 2.33. The Bertz CT molecular complexity index is 1700. The second-order valence-corrected chi connectivity index (χ2v) is 11.7. The molecule has 3 aromatic heterocycles. The van der Waals surface area contributed by atoms with E-state index < -0.39 is 0 Å². The summed E-state index contributed by atoms with van der Waals surface area (Å²) in [7, 11) is 0. The lowest BCUT2D eigenvalue weighted by Gasteiger charge is -2.22. The number of aryl methyl sites for hydroxylation is 1. The van der Waals surface area contributed by atoms with Crippen molar-refractivity contribution in [2.45, 2.75) is 37.1 Å². The quantitative estimate of drug-likeness (QED) is 0.191. The number of carbonyl (C=O) groups excluding carboxylic acids is 2. The molecule has 4 heterocycles. The average molecular weight is 615 g/mol. The molecular formula is C31H27FN6O3S2. The maximum atomic E-state index is 13.7. The third-order valence-corrected chi connectivity index (χ3v) is 8.83. The lowest BCUT2D eigenvalue weighted by Crippen LogP contribution is -2.28. The van der Waals surface area contributed by atoms with Crippen LogP contribution in [-0.2, 0) is 24.3 Å². The van der Waals surface area contributed by atoms with Gasteiger partial charge in [-0.1, -0.05) is 60.3 Å². The van der Waals surface area contributed by atoms with Gasteiger partial charge in [0.25, 0.3) is 11.8 Å². The van der Waals surface area contributed by atoms with Gasteiger partial charge in [0.1, 0.15) is 5.82 Å². The van der Waals surface area contributed by atoms with E-state index in [2.05, 4.69) is 15.5 Å². The number of hydrogen-bond donors (Lipinski definition) is 1. The molecule has 9 nitrogen and oxygen atoms in total. The van der Waals surface area contributed by atoms with Crippen LogP contribution in [-0.4, -0.2) is 43.1 Å². The lowest BCUT2D eigenvalue weighted by atomic mass is 10.0. The predicted octanol–water partition coefficient (Wildman–Crippen LogP) is 5.71. The van der Waals surface area contributed by atoms with Crippen molar-refractivity contribution in [3.8, 4) is 0 Å². The van der Waals surface area contributed by atoms with Gasteiger partial charge in [-0.05, 0) is 53.3 Å². The van der Waals surface area contributed by atoms with E-state index in [1.165, 1.54) is 35.2 Å². The Morgan fingerprint density at radius 2 is 1.86 bits per heavy atom. The van der Waals surface area contributed by atoms with Gasteiger partial charge in [0.05, 0.1) is 35.2 Å². The number of rotatable bonds is 11. The first-order valence-corrected chi connectivity index (χ1v) is 15.5. The molecule has 1 aliphatic heterocycles. The van der Waals surface area contributed by atoms with E-state index in [-0.39, 0.29) is 41.7 Å². The summed E-state index contributed by atoms with van der Waals surface area (Å²) in [5.74, 6) is -0.0429. The van der Waals surface area contributed by atoms with Crippen molar-refractivity contribution in [1.29, 1.82) is 0 Å². The fourth-order valence-corrected chi connectivity index (χ4v) is 6.35. The van der Waals surface area contributed by atoms with Crippen LogP contribution in [0.3, 0.4) is 0 Å². The first-order chi connectivity index (χ1) is 21.0. The first-order valence-electron chi connectivity index (χ1n) is 13.6. The lowest BCUT2D eigenvalue weighted by molar-refractivity contribution is -0.130. The highest BCUT2D eigenvalue weighted by molar-refractivity contribution is 7.99. The van der Waals surface area contributed by atoms with Gasteiger partial charge in [-0.15, -0.1) is 21.5 Å². The van der Waals surface area contributed by atoms with Crippen molar-refractivity contribution >= 4 is 40.6 Å². The van der Waals surface area contributed by atoms with Gasteiger partial charge in [0.2, 0.25) is 0 Å². The molecule has 2 aromatic carbocycles. The van der Waals surface area contributed by atoms with Crippen LogP contribution in [0.25, 0.3) is 0 Å². The van der Waals surface area contributed by atoms with Gasteiger partial charge in [-0.2, -0.15) is 5.10 Å². The molecule has 1 N–H and O–H groups in total. The number of thioether (sulfide) groups is 1.